The molecule has 9 heteroatoms. The fourth-order valence-corrected chi connectivity index (χ4v) is 4.27. The predicted molar refractivity (Wildman–Crippen MR) is 106 cm³/mol. The average Bonchev–Trinajstić information content (AvgIpc) is 3.10. The summed E-state index contributed by atoms with van der Waals surface area (Å²) in [6, 6.07) is 8.48. The van der Waals surface area contributed by atoms with E-state index in [2.05, 4.69) is 20.3 Å². The number of halogens is 1. The topological polar surface area (TPSA) is 79.6 Å². The molecule has 0 spiro atoms. The van der Waals surface area contributed by atoms with Crippen LogP contribution in [0.5, 0.6) is 0 Å². The van der Waals surface area contributed by atoms with Crippen LogP contribution in [0.3, 0.4) is 0 Å². The van der Waals surface area contributed by atoms with Crippen LogP contribution in [0.4, 0.5) is 5.13 Å². The first-order valence-corrected chi connectivity index (χ1v) is 9.98. The van der Waals surface area contributed by atoms with Crippen molar-refractivity contribution in [2.24, 2.45) is 0 Å². The van der Waals surface area contributed by atoms with Crippen LogP contribution in [0.15, 0.2) is 35.1 Å². The Bertz CT molecular complexity index is 1040. The highest BCUT2D eigenvalue weighted by Crippen LogP contribution is 2.25. The molecule has 1 N–H and O–H groups in total. The third-order valence-corrected chi connectivity index (χ3v) is 5.65. The Hall–Kier alpha value is -2.45. The molecule has 0 saturated carbocycles. The SMILES string of the molecule is O=C(NCc1cccc(Cl)c1)c1cc(=O)nc2sc(N3CCCCC3)nn12. The third kappa shape index (κ3) is 3.96. The number of carbonyl (C=O) groups excluding carboxylic acids is 1. The summed E-state index contributed by atoms with van der Waals surface area (Å²) in [6.07, 6.45) is 3.45. The molecule has 1 amide bonds. The van der Waals surface area contributed by atoms with Crippen molar-refractivity contribution in [3.05, 3.63) is 57.0 Å². The third-order valence-electron chi connectivity index (χ3n) is 4.44. The molecule has 1 saturated heterocycles. The first-order valence-electron chi connectivity index (χ1n) is 8.79. The van der Waals surface area contributed by atoms with Gasteiger partial charge in [0.2, 0.25) is 10.1 Å². The van der Waals surface area contributed by atoms with Crippen LogP contribution < -0.4 is 15.8 Å². The minimum Gasteiger partial charge on any atom is -0.347 e. The van der Waals surface area contributed by atoms with Gasteiger partial charge in [-0.15, -0.1) is 5.10 Å². The van der Waals surface area contributed by atoms with E-state index < -0.39 is 5.56 Å². The molecule has 7 nitrogen and oxygen atoms in total. The van der Waals surface area contributed by atoms with E-state index in [4.69, 9.17) is 11.6 Å². The number of benzene rings is 1. The summed E-state index contributed by atoms with van der Waals surface area (Å²) < 4.78 is 1.46. The largest absolute Gasteiger partial charge is 0.347 e. The van der Waals surface area contributed by atoms with Crippen LogP contribution >= 0.6 is 22.9 Å². The lowest BCUT2D eigenvalue weighted by atomic mass is 10.1. The van der Waals surface area contributed by atoms with Gasteiger partial charge in [0.25, 0.3) is 11.5 Å². The molecule has 2 aromatic heterocycles. The van der Waals surface area contributed by atoms with Gasteiger partial charge in [0, 0.05) is 30.7 Å². The molecule has 4 rings (SSSR count). The molecule has 0 unspecified atom stereocenters. The highest BCUT2D eigenvalue weighted by atomic mass is 35.5. The van der Waals surface area contributed by atoms with Gasteiger partial charge in [-0.2, -0.15) is 9.50 Å². The van der Waals surface area contributed by atoms with Gasteiger partial charge in [0.15, 0.2) is 0 Å². The van der Waals surface area contributed by atoms with E-state index >= 15 is 0 Å². The fourth-order valence-electron chi connectivity index (χ4n) is 3.10. The monoisotopic (exact) mass is 403 g/mol. The molecule has 0 radical (unpaired) electrons. The van der Waals surface area contributed by atoms with Crippen molar-refractivity contribution in [2.75, 3.05) is 18.0 Å². The number of rotatable bonds is 4. The second kappa shape index (κ2) is 7.66. The van der Waals surface area contributed by atoms with E-state index in [9.17, 15) is 9.59 Å². The molecule has 27 heavy (non-hydrogen) atoms. The summed E-state index contributed by atoms with van der Waals surface area (Å²) in [4.78, 5) is 31.2. The van der Waals surface area contributed by atoms with Crippen molar-refractivity contribution >= 4 is 38.9 Å². The van der Waals surface area contributed by atoms with Gasteiger partial charge in [-0.3, -0.25) is 9.59 Å². The van der Waals surface area contributed by atoms with Crippen LogP contribution in [0, 0.1) is 0 Å². The summed E-state index contributed by atoms with van der Waals surface area (Å²) in [6.45, 7) is 2.17. The number of amides is 1. The van der Waals surface area contributed by atoms with Crippen LogP contribution in [0.1, 0.15) is 35.3 Å². The molecule has 1 aliphatic rings. The molecular weight excluding hydrogens is 386 g/mol. The van der Waals surface area contributed by atoms with Gasteiger partial charge in [0.05, 0.1) is 0 Å². The van der Waals surface area contributed by atoms with Crippen LogP contribution in [-0.2, 0) is 6.54 Å². The van der Waals surface area contributed by atoms with Gasteiger partial charge in [-0.1, -0.05) is 35.1 Å². The number of aromatic nitrogens is 3. The van der Waals surface area contributed by atoms with Crippen molar-refractivity contribution in [2.45, 2.75) is 25.8 Å². The highest BCUT2D eigenvalue weighted by Gasteiger charge is 2.19. The highest BCUT2D eigenvalue weighted by molar-refractivity contribution is 7.20. The summed E-state index contributed by atoms with van der Waals surface area (Å²) in [5.74, 6) is -0.375. The Morgan fingerprint density at radius 3 is 2.81 bits per heavy atom. The maximum Gasteiger partial charge on any atom is 0.274 e. The Labute approximate surface area is 164 Å². The molecule has 3 aromatic rings. The number of hydrogen-bond donors (Lipinski definition) is 1. The zero-order chi connectivity index (χ0) is 18.8. The first-order chi connectivity index (χ1) is 13.1. The molecule has 1 fully saturated rings. The van der Waals surface area contributed by atoms with E-state index in [-0.39, 0.29) is 11.6 Å². The molecule has 0 bridgehead atoms. The second-order valence-corrected chi connectivity index (χ2v) is 7.79. The summed E-state index contributed by atoms with van der Waals surface area (Å²) in [7, 11) is 0. The Balaban J connectivity index is 1.60. The molecule has 1 aliphatic heterocycles. The van der Waals surface area contributed by atoms with Gasteiger partial charge in [0.1, 0.15) is 5.69 Å². The summed E-state index contributed by atoms with van der Waals surface area (Å²) >= 11 is 7.31. The summed E-state index contributed by atoms with van der Waals surface area (Å²) in [5.41, 5.74) is 0.615. The van der Waals surface area contributed by atoms with Gasteiger partial charge >= 0.3 is 0 Å². The number of piperidine rings is 1. The van der Waals surface area contributed by atoms with Crippen molar-refractivity contribution < 1.29 is 4.79 Å². The second-order valence-electron chi connectivity index (χ2n) is 6.42. The quantitative estimate of drug-likeness (QED) is 0.724. The number of fused-ring (bicyclic) bond motifs is 1. The zero-order valence-electron chi connectivity index (χ0n) is 14.5. The molecule has 0 atom stereocenters. The average molecular weight is 404 g/mol. The van der Waals surface area contributed by atoms with Crippen LogP contribution in [0.2, 0.25) is 5.02 Å². The minimum atomic E-state index is -0.447. The van der Waals surface area contributed by atoms with Crippen LogP contribution in [-0.4, -0.2) is 33.6 Å². The number of carbonyl (C=O) groups is 1. The molecule has 3 heterocycles. The first kappa shape index (κ1) is 17.9. The Morgan fingerprint density at radius 2 is 2.04 bits per heavy atom. The lowest BCUT2D eigenvalue weighted by Crippen LogP contribution is -2.30. The van der Waals surface area contributed by atoms with Gasteiger partial charge < -0.3 is 10.2 Å². The van der Waals surface area contributed by atoms with Gasteiger partial charge in [-0.25, -0.2) is 0 Å². The van der Waals surface area contributed by atoms with E-state index in [1.54, 1.807) is 12.1 Å². The molecule has 1 aromatic carbocycles. The number of hydrogen-bond acceptors (Lipinski definition) is 6. The van der Waals surface area contributed by atoms with Crippen molar-refractivity contribution in [1.82, 2.24) is 19.9 Å². The van der Waals surface area contributed by atoms with Gasteiger partial charge in [-0.05, 0) is 37.0 Å². The molecular formula is C18H18ClN5O2S. The lowest BCUT2D eigenvalue weighted by Gasteiger charge is -2.25. The van der Waals surface area contributed by atoms with E-state index in [0.717, 1.165) is 36.6 Å². The van der Waals surface area contributed by atoms with E-state index in [0.29, 0.717) is 16.5 Å². The van der Waals surface area contributed by atoms with Crippen LogP contribution in [0.25, 0.3) is 4.96 Å². The maximum absolute atomic E-state index is 12.7. The molecule has 0 aliphatic carbocycles. The van der Waals surface area contributed by atoms with Crippen molar-refractivity contribution in [1.29, 1.82) is 0 Å². The maximum atomic E-state index is 12.7. The molecule has 140 valence electrons. The minimum absolute atomic E-state index is 0.187. The fraction of sp³-hybridized carbons (Fsp3) is 0.333. The number of nitrogens with zero attached hydrogens (tertiary/aromatic N) is 4. The van der Waals surface area contributed by atoms with Crippen molar-refractivity contribution in [3.8, 4) is 0 Å². The van der Waals surface area contributed by atoms with Crippen molar-refractivity contribution in [3.63, 3.8) is 0 Å². The Kier molecular flexibility index (Phi) is 5.09. The smallest absolute Gasteiger partial charge is 0.274 e. The summed E-state index contributed by atoms with van der Waals surface area (Å²) in [5, 5.41) is 8.76. The number of anilines is 1. The lowest BCUT2D eigenvalue weighted by molar-refractivity contribution is 0.0943. The standard InChI is InChI=1S/C18H18ClN5O2S/c19-13-6-4-5-12(9-13)11-20-16(26)14-10-15(25)21-17-24(14)22-18(27-17)23-7-2-1-3-8-23/h4-6,9-10H,1-3,7-8,11H2,(H,20,26). The van der Waals surface area contributed by atoms with E-state index in [1.165, 1.54) is 28.3 Å². The normalized spacial score (nSPS) is 14.5. The predicted octanol–water partition coefficient (Wildman–Crippen LogP) is 2.72. The zero-order valence-corrected chi connectivity index (χ0v) is 16.1. The number of nitrogens with one attached hydrogen (secondary N) is 1. The van der Waals surface area contributed by atoms with E-state index in [1.807, 2.05) is 12.1 Å². The Morgan fingerprint density at radius 1 is 1.22 bits per heavy atom.